The van der Waals surface area contributed by atoms with Crippen LogP contribution >= 0.6 is 11.3 Å². The fourth-order valence-corrected chi connectivity index (χ4v) is 3.22. The van der Waals surface area contributed by atoms with E-state index in [1.807, 2.05) is 19.1 Å². The first-order valence-electron chi connectivity index (χ1n) is 5.89. The highest BCUT2D eigenvalue weighted by Crippen LogP contribution is 2.32. The molecule has 2 heterocycles. The number of anilines is 1. The minimum atomic E-state index is -3.10. The molecule has 0 radical (unpaired) electrons. The molecule has 0 atom stereocenters. The number of nitrogens with one attached hydrogen (secondary N) is 1. The average molecular weight is 313 g/mol. The van der Waals surface area contributed by atoms with Crippen molar-refractivity contribution in [2.45, 2.75) is 6.92 Å². The van der Waals surface area contributed by atoms with Gasteiger partial charge in [0.2, 0.25) is 0 Å². The summed E-state index contributed by atoms with van der Waals surface area (Å²) < 4.78 is 22.0. The van der Waals surface area contributed by atoms with Crippen LogP contribution in [-0.2, 0) is 9.84 Å². The number of amides is 1. The molecule has 0 aliphatic carbocycles. The Labute approximate surface area is 120 Å². The Kier molecular flexibility index (Phi) is 3.96. The van der Waals surface area contributed by atoms with Crippen LogP contribution in [0.1, 0.15) is 15.4 Å². The Morgan fingerprint density at radius 1 is 1.45 bits per heavy atom. The number of sulfone groups is 1. The molecule has 2 rings (SSSR count). The topological polar surface area (TPSA) is 102 Å². The second-order valence-electron chi connectivity index (χ2n) is 4.54. The highest BCUT2D eigenvalue weighted by atomic mass is 32.2. The summed E-state index contributed by atoms with van der Waals surface area (Å²) in [5.74, 6) is -0.465. The van der Waals surface area contributed by atoms with E-state index in [-0.39, 0.29) is 18.2 Å². The number of carbonyl (C=O) groups excluding carboxylic acids is 1. The summed E-state index contributed by atoms with van der Waals surface area (Å²) in [4.78, 5) is 17.4. The van der Waals surface area contributed by atoms with Gasteiger partial charge in [0, 0.05) is 23.9 Å². The Morgan fingerprint density at radius 2 is 2.15 bits per heavy atom. The largest absolute Gasteiger partial charge is 0.397 e. The summed E-state index contributed by atoms with van der Waals surface area (Å²) >= 11 is 1.21. The molecule has 6 nitrogen and oxygen atoms in total. The number of thiophene rings is 1. The molecule has 3 N–H and O–H groups in total. The van der Waals surface area contributed by atoms with Crippen molar-refractivity contribution in [2.75, 3.05) is 24.3 Å². The quantitative estimate of drug-likeness (QED) is 0.875. The zero-order chi connectivity index (χ0) is 14.9. The Morgan fingerprint density at radius 3 is 2.80 bits per heavy atom. The SMILES string of the molecule is Cc1ccc2c(N)c(C(=O)NCCS(C)(=O)=O)sc2n1. The molecule has 0 aliphatic heterocycles. The van der Waals surface area contributed by atoms with Gasteiger partial charge in [-0.25, -0.2) is 13.4 Å². The summed E-state index contributed by atoms with van der Waals surface area (Å²) in [6.45, 7) is 1.93. The maximum atomic E-state index is 12.0. The summed E-state index contributed by atoms with van der Waals surface area (Å²) in [5, 5.41) is 3.30. The van der Waals surface area contributed by atoms with Crippen LogP contribution in [0, 0.1) is 6.92 Å². The number of nitrogens with zero attached hydrogens (tertiary/aromatic N) is 1. The fraction of sp³-hybridized carbons (Fsp3) is 0.333. The van der Waals surface area contributed by atoms with E-state index in [9.17, 15) is 13.2 Å². The second kappa shape index (κ2) is 5.37. The van der Waals surface area contributed by atoms with Gasteiger partial charge in [0.1, 0.15) is 19.5 Å². The molecule has 20 heavy (non-hydrogen) atoms. The van der Waals surface area contributed by atoms with Crippen molar-refractivity contribution >= 4 is 43.0 Å². The first kappa shape index (κ1) is 14.7. The number of carbonyl (C=O) groups is 1. The van der Waals surface area contributed by atoms with Gasteiger partial charge >= 0.3 is 0 Å². The third-order valence-corrected chi connectivity index (χ3v) is 4.76. The molecule has 0 saturated heterocycles. The van der Waals surface area contributed by atoms with E-state index in [0.717, 1.165) is 17.3 Å². The molecule has 1 amide bonds. The Balaban J connectivity index is 2.20. The number of pyridine rings is 1. The lowest BCUT2D eigenvalue weighted by atomic mass is 10.2. The van der Waals surface area contributed by atoms with E-state index in [4.69, 9.17) is 5.73 Å². The minimum Gasteiger partial charge on any atom is -0.397 e. The van der Waals surface area contributed by atoms with Crippen molar-refractivity contribution in [3.8, 4) is 0 Å². The first-order chi connectivity index (χ1) is 9.28. The third-order valence-electron chi connectivity index (χ3n) is 2.70. The van der Waals surface area contributed by atoms with Crippen LogP contribution < -0.4 is 11.1 Å². The van der Waals surface area contributed by atoms with Gasteiger partial charge in [0.25, 0.3) is 5.91 Å². The molecular formula is C12H15N3O3S2. The number of nitrogens with two attached hydrogens (primary N) is 1. The van der Waals surface area contributed by atoms with Crippen molar-refractivity contribution in [1.29, 1.82) is 0 Å². The molecule has 0 fully saturated rings. The van der Waals surface area contributed by atoms with Crippen molar-refractivity contribution in [1.82, 2.24) is 10.3 Å². The zero-order valence-electron chi connectivity index (χ0n) is 11.1. The number of aromatic nitrogens is 1. The monoisotopic (exact) mass is 313 g/mol. The van der Waals surface area contributed by atoms with Gasteiger partial charge in [-0.3, -0.25) is 4.79 Å². The van der Waals surface area contributed by atoms with Crippen molar-refractivity contribution in [2.24, 2.45) is 0 Å². The number of rotatable bonds is 4. The highest BCUT2D eigenvalue weighted by molar-refractivity contribution is 7.90. The number of fused-ring (bicyclic) bond motifs is 1. The summed E-state index contributed by atoms with van der Waals surface area (Å²) in [7, 11) is -3.10. The molecule has 0 aromatic carbocycles. The summed E-state index contributed by atoms with van der Waals surface area (Å²) in [5.41, 5.74) is 7.17. The zero-order valence-corrected chi connectivity index (χ0v) is 12.8. The van der Waals surface area contributed by atoms with Gasteiger partial charge in [-0.1, -0.05) is 0 Å². The van der Waals surface area contributed by atoms with E-state index in [1.165, 1.54) is 11.3 Å². The smallest absolute Gasteiger partial charge is 0.263 e. The summed E-state index contributed by atoms with van der Waals surface area (Å²) in [6.07, 6.45) is 1.12. The van der Waals surface area contributed by atoms with Crippen LogP contribution in [0.2, 0.25) is 0 Å². The Bertz CT molecular complexity index is 766. The molecule has 0 bridgehead atoms. The first-order valence-corrected chi connectivity index (χ1v) is 8.77. The average Bonchev–Trinajstić information content (AvgIpc) is 2.64. The normalized spacial score (nSPS) is 11.7. The predicted octanol–water partition coefficient (Wildman–Crippen LogP) is 0.961. The van der Waals surface area contributed by atoms with Gasteiger partial charge in [-0.15, -0.1) is 11.3 Å². The highest BCUT2D eigenvalue weighted by Gasteiger charge is 2.17. The van der Waals surface area contributed by atoms with E-state index in [0.29, 0.717) is 15.4 Å². The molecular weight excluding hydrogens is 298 g/mol. The lowest BCUT2D eigenvalue weighted by molar-refractivity contribution is 0.0961. The lowest BCUT2D eigenvalue weighted by Crippen LogP contribution is -2.28. The van der Waals surface area contributed by atoms with Crippen LogP contribution in [0.3, 0.4) is 0 Å². The van der Waals surface area contributed by atoms with Crippen LogP contribution in [0.4, 0.5) is 5.69 Å². The number of hydrogen-bond acceptors (Lipinski definition) is 6. The standard InChI is InChI=1S/C12H15N3O3S2/c1-7-3-4-8-9(13)10(19-12(8)15-7)11(16)14-5-6-20(2,17)18/h3-4H,5-6,13H2,1-2H3,(H,14,16). The van der Waals surface area contributed by atoms with Gasteiger partial charge in [0.05, 0.1) is 11.4 Å². The molecule has 2 aromatic heterocycles. The van der Waals surface area contributed by atoms with Gasteiger partial charge in [0.15, 0.2) is 0 Å². The maximum absolute atomic E-state index is 12.0. The lowest BCUT2D eigenvalue weighted by Gasteiger charge is -2.03. The van der Waals surface area contributed by atoms with E-state index < -0.39 is 9.84 Å². The maximum Gasteiger partial charge on any atom is 0.263 e. The Hall–Kier alpha value is -1.67. The van der Waals surface area contributed by atoms with Crippen molar-refractivity contribution in [3.63, 3.8) is 0 Å². The third kappa shape index (κ3) is 3.26. The number of aryl methyl sites for hydroxylation is 1. The van der Waals surface area contributed by atoms with Crippen LogP contribution in [0.25, 0.3) is 10.2 Å². The van der Waals surface area contributed by atoms with Crippen LogP contribution in [0.15, 0.2) is 12.1 Å². The molecule has 2 aromatic rings. The van der Waals surface area contributed by atoms with E-state index in [2.05, 4.69) is 10.3 Å². The number of nitrogen functional groups attached to an aromatic ring is 1. The molecule has 0 unspecified atom stereocenters. The van der Waals surface area contributed by atoms with Gasteiger partial charge in [-0.05, 0) is 19.1 Å². The van der Waals surface area contributed by atoms with E-state index in [1.54, 1.807) is 0 Å². The molecule has 0 spiro atoms. The molecule has 108 valence electrons. The predicted molar refractivity (Wildman–Crippen MR) is 80.8 cm³/mol. The fourth-order valence-electron chi connectivity index (χ4n) is 1.69. The van der Waals surface area contributed by atoms with Gasteiger partial charge in [-0.2, -0.15) is 0 Å². The van der Waals surface area contributed by atoms with Gasteiger partial charge < -0.3 is 11.1 Å². The van der Waals surface area contributed by atoms with Crippen molar-refractivity contribution < 1.29 is 13.2 Å². The van der Waals surface area contributed by atoms with Crippen LogP contribution in [-0.4, -0.2) is 37.9 Å². The minimum absolute atomic E-state index is 0.0673. The molecule has 0 aliphatic rings. The van der Waals surface area contributed by atoms with E-state index >= 15 is 0 Å². The molecule has 8 heteroatoms. The van der Waals surface area contributed by atoms with Crippen molar-refractivity contribution in [3.05, 3.63) is 22.7 Å². The number of hydrogen-bond donors (Lipinski definition) is 2. The van der Waals surface area contributed by atoms with Crippen LogP contribution in [0.5, 0.6) is 0 Å². The molecule has 0 saturated carbocycles. The summed E-state index contributed by atoms with van der Waals surface area (Å²) in [6, 6.07) is 3.66. The second-order valence-corrected chi connectivity index (χ2v) is 7.79.